The summed E-state index contributed by atoms with van der Waals surface area (Å²) in [6, 6.07) is 1.47. The predicted octanol–water partition coefficient (Wildman–Crippen LogP) is 1.75. The van der Waals surface area contributed by atoms with Gasteiger partial charge in [-0.05, 0) is 6.07 Å². The molecular formula is C9H6Cl2N4O. The summed E-state index contributed by atoms with van der Waals surface area (Å²) in [5, 5.41) is 7.86. The summed E-state index contributed by atoms with van der Waals surface area (Å²) in [6.07, 6.45) is 2.72. The van der Waals surface area contributed by atoms with Gasteiger partial charge >= 0.3 is 0 Å². The molecule has 0 aliphatic heterocycles. The van der Waals surface area contributed by atoms with Crippen LogP contribution in [0.2, 0.25) is 10.0 Å². The number of pyridine rings is 1. The minimum Gasteiger partial charge on any atom is -0.285 e. The van der Waals surface area contributed by atoms with E-state index in [1.54, 1.807) is 7.05 Å². The Morgan fingerprint density at radius 1 is 1.38 bits per heavy atom. The highest BCUT2D eigenvalue weighted by Gasteiger charge is 2.18. The van der Waals surface area contributed by atoms with Crippen molar-refractivity contribution in [3.05, 3.63) is 39.9 Å². The van der Waals surface area contributed by atoms with E-state index in [0.717, 1.165) is 0 Å². The zero-order chi connectivity index (χ0) is 11.7. The Hall–Kier alpha value is -1.46. The fourth-order valence-corrected chi connectivity index (χ4v) is 1.66. The van der Waals surface area contributed by atoms with E-state index >= 15 is 0 Å². The van der Waals surface area contributed by atoms with Gasteiger partial charge in [0.15, 0.2) is 0 Å². The van der Waals surface area contributed by atoms with Gasteiger partial charge in [-0.2, -0.15) is 0 Å². The van der Waals surface area contributed by atoms with Crippen LogP contribution in [0.4, 0.5) is 0 Å². The molecule has 0 aliphatic rings. The van der Waals surface area contributed by atoms with Crippen molar-refractivity contribution in [1.29, 1.82) is 0 Å². The summed E-state index contributed by atoms with van der Waals surface area (Å²) in [6.45, 7) is 0. The topological polar surface area (TPSA) is 60.7 Å². The molecule has 2 aromatic heterocycles. The van der Waals surface area contributed by atoms with Crippen LogP contribution in [0.15, 0.2) is 18.5 Å². The number of rotatable bonds is 2. The van der Waals surface area contributed by atoms with Crippen molar-refractivity contribution in [2.75, 3.05) is 0 Å². The Morgan fingerprint density at radius 2 is 2.12 bits per heavy atom. The number of hydrogen-bond donors (Lipinski definition) is 0. The van der Waals surface area contributed by atoms with Crippen molar-refractivity contribution >= 4 is 29.0 Å². The SMILES string of the molecule is Cn1nncc1C(=O)c1ncc(Cl)cc1Cl. The van der Waals surface area contributed by atoms with Crippen molar-refractivity contribution in [3.8, 4) is 0 Å². The van der Waals surface area contributed by atoms with Gasteiger partial charge in [-0.1, -0.05) is 28.4 Å². The molecule has 0 saturated heterocycles. The van der Waals surface area contributed by atoms with Crippen molar-refractivity contribution in [3.63, 3.8) is 0 Å². The monoisotopic (exact) mass is 256 g/mol. The minimum absolute atomic E-state index is 0.136. The maximum atomic E-state index is 12.0. The number of halogens is 2. The number of aryl methyl sites for hydroxylation is 1. The Balaban J connectivity index is 2.46. The molecular weight excluding hydrogens is 251 g/mol. The summed E-state index contributed by atoms with van der Waals surface area (Å²) < 4.78 is 1.36. The Kier molecular flexibility index (Phi) is 2.89. The average molecular weight is 257 g/mol. The van der Waals surface area contributed by atoms with Crippen LogP contribution in [0.3, 0.4) is 0 Å². The number of nitrogens with zero attached hydrogens (tertiary/aromatic N) is 4. The standard InChI is InChI=1S/C9H6Cl2N4O/c1-15-7(4-13-14-15)9(16)8-6(11)2-5(10)3-12-8/h2-4H,1H3. The number of hydrogen-bond acceptors (Lipinski definition) is 4. The van der Waals surface area contributed by atoms with Crippen LogP contribution in [-0.4, -0.2) is 25.8 Å². The third-order valence-electron chi connectivity index (χ3n) is 1.97. The number of carbonyl (C=O) groups is 1. The van der Waals surface area contributed by atoms with E-state index in [0.29, 0.717) is 10.7 Å². The minimum atomic E-state index is -0.339. The van der Waals surface area contributed by atoms with Gasteiger partial charge < -0.3 is 0 Å². The fourth-order valence-electron chi connectivity index (χ4n) is 1.20. The van der Waals surface area contributed by atoms with Crippen LogP contribution in [0.5, 0.6) is 0 Å². The quantitative estimate of drug-likeness (QED) is 0.769. The maximum absolute atomic E-state index is 12.0. The van der Waals surface area contributed by atoms with Crippen molar-refractivity contribution in [2.24, 2.45) is 7.05 Å². The second-order valence-electron chi connectivity index (χ2n) is 3.06. The van der Waals surface area contributed by atoms with Crippen molar-refractivity contribution in [1.82, 2.24) is 20.0 Å². The van der Waals surface area contributed by atoms with Crippen LogP contribution in [0, 0.1) is 0 Å². The molecule has 0 fully saturated rings. The molecule has 2 aromatic rings. The summed E-state index contributed by atoms with van der Waals surface area (Å²) in [5.41, 5.74) is 0.452. The second kappa shape index (κ2) is 4.19. The van der Waals surface area contributed by atoms with Crippen LogP contribution in [0.25, 0.3) is 0 Å². The molecule has 0 amide bonds. The van der Waals surface area contributed by atoms with E-state index in [2.05, 4.69) is 15.3 Å². The molecule has 0 radical (unpaired) electrons. The molecule has 0 unspecified atom stereocenters. The lowest BCUT2D eigenvalue weighted by Crippen LogP contribution is -2.10. The molecule has 5 nitrogen and oxygen atoms in total. The van der Waals surface area contributed by atoms with E-state index in [1.165, 1.54) is 23.1 Å². The van der Waals surface area contributed by atoms with Gasteiger partial charge in [-0.3, -0.25) is 4.79 Å². The number of ketones is 1. The van der Waals surface area contributed by atoms with Crippen LogP contribution in [-0.2, 0) is 7.05 Å². The van der Waals surface area contributed by atoms with Gasteiger partial charge in [0, 0.05) is 13.2 Å². The summed E-state index contributed by atoms with van der Waals surface area (Å²) in [4.78, 5) is 15.9. The van der Waals surface area contributed by atoms with Gasteiger partial charge in [0.2, 0.25) is 5.78 Å². The summed E-state index contributed by atoms with van der Waals surface area (Å²) in [5.74, 6) is -0.339. The molecule has 0 aliphatic carbocycles. The zero-order valence-electron chi connectivity index (χ0n) is 8.19. The highest BCUT2D eigenvalue weighted by Crippen LogP contribution is 2.20. The third kappa shape index (κ3) is 1.91. The molecule has 0 N–H and O–H groups in total. The first-order valence-corrected chi connectivity index (χ1v) is 5.05. The maximum Gasteiger partial charge on any atom is 0.232 e. The molecule has 82 valence electrons. The lowest BCUT2D eigenvalue weighted by molar-refractivity contribution is 0.102. The molecule has 16 heavy (non-hydrogen) atoms. The normalized spacial score (nSPS) is 10.4. The molecule has 0 aromatic carbocycles. The smallest absolute Gasteiger partial charge is 0.232 e. The van der Waals surface area contributed by atoms with E-state index in [4.69, 9.17) is 23.2 Å². The van der Waals surface area contributed by atoms with Gasteiger partial charge in [0.1, 0.15) is 11.4 Å². The molecule has 7 heteroatoms. The lowest BCUT2D eigenvalue weighted by atomic mass is 10.2. The molecule has 0 atom stereocenters. The van der Waals surface area contributed by atoms with Gasteiger partial charge in [0.05, 0.1) is 16.2 Å². The van der Waals surface area contributed by atoms with E-state index in [9.17, 15) is 4.79 Å². The first-order chi connectivity index (χ1) is 7.59. The van der Waals surface area contributed by atoms with E-state index in [-0.39, 0.29) is 16.5 Å². The van der Waals surface area contributed by atoms with Crippen LogP contribution < -0.4 is 0 Å². The Bertz CT molecular complexity index is 552. The number of aromatic nitrogens is 4. The second-order valence-corrected chi connectivity index (χ2v) is 3.90. The largest absolute Gasteiger partial charge is 0.285 e. The third-order valence-corrected chi connectivity index (χ3v) is 2.46. The van der Waals surface area contributed by atoms with Crippen LogP contribution in [0.1, 0.15) is 16.2 Å². The molecule has 2 rings (SSSR count). The zero-order valence-corrected chi connectivity index (χ0v) is 9.70. The molecule has 0 bridgehead atoms. The van der Waals surface area contributed by atoms with E-state index < -0.39 is 0 Å². The molecule has 0 saturated carbocycles. The fraction of sp³-hybridized carbons (Fsp3) is 0.111. The average Bonchev–Trinajstić information content (AvgIpc) is 2.63. The Labute approximate surface area is 101 Å². The van der Waals surface area contributed by atoms with Gasteiger partial charge in [0.25, 0.3) is 0 Å². The molecule has 2 heterocycles. The summed E-state index contributed by atoms with van der Waals surface area (Å²) >= 11 is 11.6. The van der Waals surface area contributed by atoms with Gasteiger partial charge in [-0.25, -0.2) is 9.67 Å². The van der Waals surface area contributed by atoms with Crippen molar-refractivity contribution in [2.45, 2.75) is 0 Å². The molecule has 0 spiro atoms. The highest BCUT2D eigenvalue weighted by atomic mass is 35.5. The van der Waals surface area contributed by atoms with E-state index in [1.807, 2.05) is 0 Å². The lowest BCUT2D eigenvalue weighted by Gasteiger charge is -2.02. The first kappa shape index (κ1) is 11.0. The number of carbonyl (C=O) groups excluding carboxylic acids is 1. The van der Waals surface area contributed by atoms with Gasteiger partial charge in [-0.15, -0.1) is 5.10 Å². The Morgan fingerprint density at radius 3 is 2.69 bits per heavy atom. The first-order valence-electron chi connectivity index (χ1n) is 4.30. The summed E-state index contributed by atoms with van der Waals surface area (Å²) in [7, 11) is 1.62. The van der Waals surface area contributed by atoms with Crippen LogP contribution >= 0.6 is 23.2 Å². The van der Waals surface area contributed by atoms with Crippen molar-refractivity contribution < 1.29 is 4.79 Å². The highest BCUT2D eigenvalue weighted by molar-refractivity contribution is 6.36. The predicted molar refractivity (Wildman–Crippen MR) is 58.7 cm³/mol.